The number of rotatable bonds is 3. The lowest BCUT2D eigenvalue weighted by atomic mass is 10.2. The van der Waals surface area contributed by atoms with Crippen LogP contribution in [0.5, 0.6) is 0 Å². The smallest absolute Gasteiger partial charge is 0.158 e. The molecule has 1 aliphatic heterocycles. The molecule has 3 rings (SSSR count). The van der Waals surface area contributed by atoms with Crippen LogP contribution in [0.1, 0.15) is 19.9 Å². The highest BCUT2D eigenvalue weighted by Crippen LogP contribution is 2.19. The molecule has 0 aliphatic carbocycles. The number of hydrogen-bond donors (Lipinski definition) is 2. The number of fused-ring (bicyclic) bond motifs is 1. The third-order valence-electron chi connectivity index (χ3n) is 3.07. The summed E-state index contributed by atoms with van der Waals surface area (Å²) in [5.41, 5.74) is 2.03. The Morgan fingerprint density at radius 3 is 2.88 bits per heavy atom. The minimum atomic E-state index is 0.342. The SMILES string of the molecule is CC(C)n1ncc2cc(NC3CNC3)cnc21. The summed E-state index contributed by atoms with van der Waals surface area (Å²) in [7, 11) is 0. The molecule has 2 aromatic heterocycles. The van der Waals surface area contributed by atoms with Crippen LogP contribution in [-0.4, -0.2) is 33.9 Å². The van der Waals surface area contributed by atoms with Crippen LogP contribution in [0.4, 0.5) is 5.69 Å². The van der Waals surface area contributed by atoms with Gasteiger partial charge in [-0.25, -0.2) is 9.67 Å². The van der Waals surface area contributed by atoms with Gasteiger partial charge in [-0.2, -0.15) is 5.10 Å². The number of nitrogens with one attached hydrogen (secondary N) is 2. The summed E-state index contributed by atoms with van der Waals surface area (Å²) in [6, 6.07) is 3.00. The van der Waals surface area contributed by atoms with Gasteiger partial charge in [-0.3, -0.25) is 0 Å². The third kappa shape index (κ3) is 1.86. The minimum absolute atomic E-state index is 0.342. The molecule has 0 spiro atoms. The van der Waals surface area contributed by atoms with Gasteiger partial charge in [0, 0.05) is 24.5 Å². The van der Waals surface area contributed by atoms with E-state index in [0.29, 0.717) is 12.1 Å². The Kier molecular flexibility index (Phi) is 2.48. The van der Waals surface area contributed by atoms with Gasteiger partial charge >= 0.3 is 0 Å². The van der Waals surface area contributed by atoms with Crippen molar-refractivity contribution in [3.05, 3.63) is 18.5 Å². The van der Waals surface area contributed by atoms with E-state index in [4.69, 9.17) is 0 Å². The van der Waals surface area contributed by atoms with Gasteiger partial charge in [-0.05, 0) is 19.9 Å². The van der Waals surface area contributed by atoms with E-state index in [-0.39, 0.29) is 0 Å². The van der Waals surface area contributed by atoms with E-state index in [1.54, 1.807) is 0 Å². The Morgan fingerprint density at radius 2 is 2.24 bits per heavy atom. The number of anilines is 1. The molecule has 0 radical (unpaired) electrons. The Hall–Kier alpha value is -1.62. The summed E-state index contributed by atoms with van der Waals surface area (Å²) in [5, 5.41) is 12.1. The first-order valence-electron chi connectivity index (χ1n) is 6.04. The molecule has 1 saturated heterocycles. The Balaban J connectivity index is 1.91. The molecule has 2 N–H and O–H groups in total. The highest BCUT2D eigenvalue weighted by molar-refractivity contribution is 5.78. The van der Waals surface area contributed by atoms with E-state index in [1.807, 2.05) is 17.1 Å². The molecule has 90 valence electrons. The summed E-state index contributed by atoms with van der Waals surface area (Å²) in [4.78, 5) is 4.49. The highest BCUT2D eigenvalue weighted by Gasteiger charge is 2.16. The van der Waals surface area contributed by atoms with Crippen molar-refractivity contribution in [3.63, 3.8) is 0 Å². The molecule has 1 aliphatic rings. The van der Waals surface area contributed by atoms with Crippen LogP contribution in [0.25, 0.3) is 11.0 Å². The maximum absolute atomic E-state index is 4.49. The molecule has 2 aromatic rings. The maximum Gasteiger partial charge on any atom is 0.158 e. The van der Waals surface area contributed by atoms with Crippen molar-refractivity contribution in [2.24, 2.45) is 0 Å². The van der Waals surface area contributed by atoms with Crippen LogP contribution in [-0.2, 0) is 0 Å². The first-order valence-corrected chi connectivity index (χ1v) is 6.04. The largest absolute Gasteiger partial charge is 0.378 e. The van der Waals surface area contributed by atoms with Gasteiger partial charge in [0.15, 0.2) is 5.65 Å². The first-order chi connectivity index (χ1) is 8.24. The van der Waals surface area contributed by atoms with E-state index < -0.39 is 0 Å². The van der Waals surface area contributed by atoms with Crippen molar-refractivity contribution >= 4 is 16.7 Å². The van der Waals surface area contributed by atoms with E-state index >= 15 is 0 Å². The second kappa shape index (κ2) is 4.00. The molecule has 0 saturated carbocycles. The fourth-order valence-corrected chi connectivity index (χ4v) is 2.02. The number of nitrogens with zero attached hydrogens (tertiary/aromatic N) is 3. The predicted molar refractivity (Wildman–Crippen MR) is 68.2 cm³/mol. The van der Waals surface area contributed by atoms with Crippen molar-refractivity contribution in [1.82, 2.24) is 20.1 Å². The molecule has 0 amide bonds. The van der Waals surface area contributed by atoms with Gasteiger partial charge in [0.05, 0.1) is 24.1 Å². The molecule has 0 unspecified atom stereocenters. The van der Waals surface area contributed by atoms with E-state index in [1.165, 1.54) is 0 Å². The molecular weight excluding hydrogens is 214 g/mol. The molecule has 0 bridgehead atoms. The molecule has 0 atom stereocenters. The molecule has 5 nitrogen and oxygen atoms in total. The van der Waals surface area contributed by atoms with Crippen molar-refractivity contribution in [2.75, 3.05) is 18.4 Å². The van der Waals surface area contributed by atoms with Crippen LogP contribution in [0, 0.1) is 0 Å². The summed E-state index contributed by atoms with van der Waals surface area (Å²) in [6.07, 6.45) is 3.77. The second-order valence-electron chi connectivity index (χ2n) is 4.82. The summed E-state index contributed by atoms with van der Waals surface area (Å²) in [6.45, 7) is 6.28. The Labute approximate surface area is 100 Å². The van der Waals surface area contributed by atoms with Gasteiger partial charge in [-0.1, -0.05) is 0 Å². The lowest BCUT2D eigenvalue weighted by molar-refractivity contribution is 0.472. The zero-order chi connectivity index (χ0) is 11.8. The highest BCUT2D eigenvalue weighted by atomic mass is 15.3. The lowest BCUT2D eigenvalue weighted by Gasteiger charge is -2.28. The lowest BCUT2D eigenvalue weighted by Crippen LogP contribution is -2.51. The quantitative estimate of drug-likeness (QED) is 0.838. The van der Waals surface area contributed by atoms with Crippen LogP contribution >= 0.6 is 0 Å². The molecule has 0 aromatic carbocycles. The zero-order valence-electron chi connectivity index (χ0n) is 10.1. The summed E-state index contributed by atoms with van der Waals surface area (Å²) < 4.78 is 1.95. The maximum atomic E-state index is 4.49. The van der Waals surface area contributed by atoms with E-state index in [2.05, 4.69) is 40.6 Å². The normalized spacial score (nSPS) is 16.4. The van der Waals surface area contributed by atoms with Crippen molar-refractivity contribution < 1.29 is 0 Å². The summed E-state index contributed by atoms with van der Waals surface area (Å²) in [5.74, 6) is 0. The van der Waals surface area contributed by atoms with Gasteiger partial charge in [-0.15, -0.1) is 0 Å². The van der Waals surface area contributed by atoms with E-state index in [0.717, 1.165) is 29.8 Å². The second-order valence-corrected chi connectivity index (χ2v) is 4.82. The van der Waals surface area contributed by atoms with Gasteiger partial charge in [0.2, 0.25) is 0 Å². The standard InChI is InChI=1S/C12H17N5/c1-8(2)17-12-9(4-15-17)3-10(7-14-12)16-11-5-13-6-11/h3-4,7-8,11,13,16H,5-6H2,1-2H3. The van der Waals surface area contributed by atoms with Crippen LogP contribution in [0.15, 0.2) is 18.5 Å². The van der Waals surface area contributed by atoms with Crippen LogP contribution in [0.3, 0.4) is 0 Å². The summed E-state index contributed by atoms with van der Waals surface area (Å²) >= 11 is 0. The monoisotopic (exact) mass is 231 g/mol. The molecule has 5 heteroatoms. The number of hydrogen-bond acceptors (Lipinski definition) is 4. The van der Waals surface area contributed by atoms with Crippen molar-refractivity contribution in [1.29, 1.82) is 0 Å². The van der Waals surface area contributed by atoms with Crippen LogP contribution < -0.4 is 10.6 Å². The predicted octanol–water partition coefficient (Wildman–Crippen LogP) is 1.40. The van der Waals surface area contributed by atoms with Crippen molar-refractivity contribution in [3.8, 4) is 0 Å². The number of aromatic nitrogens is 3. The van der Waals surface area contributed by atoms with Gasteiger partial charge in [0.1, 0.15) is 0 Å². The van der Waals surface area contributed by atoms with Crippen LogP contribution in [0.2, 0.25) is 0 Å². The first kappa shape index (κ1) is 10.5. The van der Waals surface area contributed by atoms with Gasteiger partial charge < -0.3 is 10.6 Å². The molecule has 1 fully saturated rings. The molecule has 3 heterocycles. The molecule has 17 heavy (non-hydrogen) atoms. The fourth-order valence-electron chi connectivity index (χ4n) is 2.02. The zero-order valence-corrected chi connectivity index (χ0v) is 10.1. The van der Waals surface area contributed by atoms with Crippen molar-refractivity contribution in [2.45, 2.75) is 25.9 Å². The average molecular weight is 231 g/mol. The Bertz CT molecular complexity index is 527. The molecular formula is C12H17N5. The third-order valence-corrected chi connectivity index (χ3v) is 3.07. The topological polar surface area (TPSA) is 54.8 Å². The fraction of sp³-hybridized carbons (Fsp3) is 0.500. The number of pyridine rings is 1. The Morgan fingerprint density at radius 1 is 1.41 bits per heavy atom. The van der Waals surface area contributed by atoms with E-state index in [9.17, 15) is 0 Å². The minimum Gasteiger partial charge on any atom is -0.378 e. The van der Waals surface area contributed by atoms with Gasteiger partial charge in [0.25, 0.3) is 0 Å². The average Bonchev–Trinajstić information content (AvgIpc) is 2.66.